The van der Waals surface area contributed by atoms with E-state index in [-0.39, 0.29) is 24.8 Å². The molecule has 0 bridgehead atoms. The quantitative estimate of drug-likeness (QED) is 0.635. The summed E-state index contributed by atoms with van der Waals surface area (Å²) in [5.41, 5.74) is 2.10. The summed E-state index contributed by atoms with van der Waals surface area (Å²) >= 11 is 0. The number of para-hydroxylation sites is 2. The highest BCUT2D eigenvalue weighted by molar-refractivity contribution is 6.09. The number of hydrogen-bond donors (Lipinski definition) is 2. The topological polar surface area (TPSA) is 83.4 Å². The van der Waals surface area contributed by atoms with Crippen molar-refractivity contribution in [3.63, 3.8) is 0 Å². The van der Waals surface area contributed by atoms with Gasteiger partial charge in [0.15, 0.2) is 0 Å². The highest BCUT2D eigenvalue weighted by atomic mass is 16.2. The van der Waals surface area contributed by atoms with Crippen LogP contribution in [0.25, 0.3) is 10.9 Å². The number of aromatic nitrogens is 1. The Balaban J connectivity index is 1.38. The van der Waals surface area contributed by atoms with E-state index in [4.69, 9.17) is 0 Å². The maximum atomic E-state index is 12.7. The maximum Gasteiger partial charge on any atom is 0.328 e. The molecule has 2 aromatic carbocycles. The Morgan fingerprint density at radius 3 is 2.69 bits per heavy atom. The predicted octanol–water partition coefficient (Wildman–Crippen LogP) is 2.91. The molecule has 1 fully saturated rings. The van der Waals surface area contributed by atoms with Gasteiger partial charge in [-0.2, -0.15) is 0 Å². The zero-order valence-corrected chi connectivity index (χ0v) is 15.9. The predicted molar refractivity (Wildman–Crippen MR) is 111 cm³/mol. The monoisotopic (exact) mass is 390 g/mol. The van der Waals surface area contributed by atoms with E-state index in [0.29, 0.717) is 17.8 Å². The van der Waals surface area contributed by atoms with Gasteiger partial charge in [-0.05, 0) is 36.1 Å². The van der Waals surface area contributed by atoms with Crippen molar-refractivity contribution in [2.75, 3.05) is 18.0 Å². The van der Waals surface area contributed by atoms with Crippen molar-refractivity contribution < 1.29 is 14.4 Å². The Bertz CT molecular complexity index is 1070. The molecular weight excluding hydrogens is 368 g/mol. The highest BCUT2D eigenvalue weighted by Gasteiger charge is 2.27. The summed E-state index contributed by atoms with van der Waals surface area (Å²) in [7, 11) is 0. The first-order valence-electron chi connectivity index (χ1n) is 9.66. The van der Waals surface area contributed by atoms with Gasteiger partial charge in [-0.15, -0.1) is 0 Å². The van der Waals surface area contributed by atoms with E-state index in [2.05, 4.69) is 39.6 Å². The number of anilines is 1. The van der Waals surface area contributed by atoms with Crippen molar-refractivity contribution >= 4 is 34.4 Å². The van der Waals surface area contributed by atoms with Gasteiger partial charge in [0.25, 0.3) is 5.91 Å². The standard InChI is InChI=1S/C22H22N4O3/c27-20-11-15-26(22(29)24-20)19-9-4-2-7-17(19)21(28)23-12-5-13-25-14-10-16-6-1-3-8-18(16)25/h1-4,6-10,14H,5,11-13,15H2,(H,23,28)(H,24,27,29). The lowest BCUT2D eigenvalue weighted by Crippen LogP contribution is -2.50. The number of carbonyl (C=O) groups is 3. The fourth-order valence-electron chi connectivity index (χ4n) is 3.58. The first-order chi connectivity index (χ1) is 14.1. The minimum absolute atomic E-state index is 0.215. The molecule has 1 aliphatic heterocycles. The number of nitrogens with one attached hydrogen (secondary N) is 2. The summed E-state index contributed by atoms with van der Waals surface area (Å²) in [6.45, 7) is 1.58. The fourth-order valence-corrected chi connectivity index (χ4v) is 3.58. The Kier molecular flexibility index (Phi) is 5.29. The van der Waals surface area contributed by atoms with Gasteiger partial charge in [-0.25, -0.2) is 4.79 Å². The first kappa shape index (κ1) is 18.7. The van der Waals surface area contributed by atoms with Crippen LogP contribution in [0.1, 0.15) is 23.2 Å². The van der Waals surface area contributed by atoms with Gasteiger partial charge >= 0.3 is 6.03 Å². The van der Waals surface area contributed by atoms with Crippen LogP contribution < -0.4 is 15.5 Å². The molecule has 148 valence electrons. The number of urea groups is 1. The van der Waals surface area contributed by atoms with Crippen molar-refractivity contribution in [1.29, 1.82) is 0 Å². The van der Waals surface area contributed by atoms with Crippen molar-refractivity contribution in [3.05, 3.63) is 66.4 Å². The molecule has 4 rings (SSSR count). The number of benzene rings is 2. The molecule has 2 heterocycles. The second kappa shape index (κ2) is 8.18. The number of aryl methyl sites for hydroxylation is 1. The molecular formula is C22H22N4O3. The highest BCUT2D eigenvalue weighted by Crippen LogP contribution is 2.22. The second-order valence-electron chi connectivity index (χ2n) is 6.95. The summed E-state index contributed by atoms with van der Waals surface area (Å²) in [6.07, 6.45) is 3.05. The number of hydrogen-bond acceptors (Lipinski definition) is 3. The SMILES string of the molecule is O=C1CCN(c2ccccc2C(=O)NCCCn2ccc3ccccc32)C(=O)N1. The smallest absolute Gasteiger partial charge is 0.328 e. The molecule has 7 nitrogen and oxygen atoms in total. The molecule has 1 saturated heterocycles. The molecule has 1 aromatic heterocycles. The number of fused-ring (bicyclic) bond motifs is 1. The van der Waals surface area contributed by atoms with Crippen molar-refractivity contribution in [1.82, 2.24) is 15.2 Å². The third kappa shape index (κ3) is 3.99. The zero-order chi connectivity index (χ0) is 20.2. The minimum atomic E-state index is -0.499. The number of carbonyl (C=O) groups excluding carboxylic acids is 3. The molecule has 7 heteroatoms. The van der Waals surface area contributed by atoms with Crippen LogP contribution in [-0.4, -0.2) is 35.5 Å². The lowest BCUT2D eigenvalue weighted by Gasteiger charge is -2.28. The number of imide groups is 1. The van der Waals surface area contributed by atoms with E-state index in [1.54, 1.807) is 24.3 Å². The molecule has 0 radical (unpaired) electrons. The summed E-state index contributed by atoms with van der Waals surface area (Å²) in [6, 6.07) is 16.7. The average Bonchev–Trinajstić information content (AvgIpc) is 3.14. The third-order valence-corrected chi connectivity index (χ3v) is 5.04. The molecule has 0 atom stereocenters. The van der Waals surface area contributed by atoms with Crippen molar-refractivity contribution in [2.24, 2.45) is 0 Å². The van der Waals surface area contributed by atoms with Crippen LogP contribution in [0, 0.1) is 0 Å². The summed E-state index contributed by atoms with van der Waals surface area (Å²) < 4.78 is 2.17. The van der Waals surface area contributed by atoms with Crippen LogP contribution in [0.3, 0.4) is 0 Å². The number of nitrogens with zero attached hydrogens (tertiary/aromatic N) is 2. The van der Waals surface area contributed by atoms with Gasteiger partial charge in [0.05, 0.1) is 11.3 Å². The van der Waals surface area contributed by atoms with Gasteiger partial charge in [0, 0.05) is 37.8 Å². The van der Waals surface area contributed by atoms with Gasteiger partial charge in [-0.3, -0.25) is 19.8 Å². The van der Waals surface area contributed by atoms with Crippen LogP contribution in [0.4, 0.5) is 10.5 Å². The molecule has 2 N–H and O–H groups in total. The Hall–Kier alpha value is -3.61. The fraction of sp³-hybridized carbons (Fsp3) is 0.227. The molecule has 1 aliphatic rings. The van der Waals surface area contributed by atoms with Crippen LogP contribution in [-0.2, 0) is 11.3 Å². The van der Waals surface area contributed by atoms with Crippen molar-refractivity contribution in [2.45, 2.75) is 19.4 Å². The molecule has 3 aromatic rings. The lowest BCUT2D eigenvalue weighted by molar-refractivity contribution is -0.120. The van der Waals surface area contributed by atoms with Gasteiger partial charge in [0.1, 0.15) is 0 Å². The molecule has 0 saturated carbocycles. The summed E-state index contributed by atoms with van der Waals surface area (Å²) in [5.74, 6) is -0.534. The Labute approximate surface area is 168 Å². The zero-order valence-electron chi connectivity index (χ0n) is 15.9. The largest absolute Gasteiger partial charge is 0.352 e. The van der Waals surface area contributed by atoms with Crippen LogP contribution in [0.15, 0.2) is 60.8 Å². The molecule has 29 heavy (non-hydrogen) atoms. The third-order valence-electron chi connectivity index (χ3n) is 5.04. The van der Waals surface area contributed by atoms with E-state index in [0.717, 1.165) is 13.0 Å². The van der Waals surface area contributed by atoms with E-state index >= 15 is 0 Å². The maximum absolute atomic E-state index is 12.7. The molecule has 4 amide bonds. The second-order valence-corrected chi connectivity index (χ2v) is 6.95. The van der Waals surface area contributed by atoms with Crippen LogP contribution >= 0.6 is 0 Å². The van der Waals surface area contributed by atoms with E-state index in [1.807, 2.05) is 12.1 Å². The normalized spacial score (nSPS) is 14.1. The van der Waals surface area contributed by atoms with E-state index in [9.17, 15) is 14.4 Å². The first-order valence-corrected chi connectivity index (χ1v) is 9.66. The number of rotatable bonds is 6. The average molecular weight is 390 g/mol. The van der Waals surface area contributed by atoms with Crippen LogP contribution in [0.5, 0.6) is 0 Å². The van der Waals surface area contributed by atoms with Crippen LogP contribution in [0.2, 0.25) is 0 Å². The molecule has 0 aliphatic carbocycles. The summed E-state index contributed by atoms with van der Waals surface area (Å²) in [5, 5.41) is 6.42. The van der Waals surface area contributed by atoms with Gasteiger partial charge < -0.3 is 9.88 Å². The van der Waals surface area contributed by atoms with E-state index in [1.165, 1.54) is 15.8 Å². The minimum Gasteiger partial charge on any atom is -0.352 e. The molecule has 0 unspecified atom stereocenters. The Morgan fingerprint density at radius 2 is 1.83 bits per heavy atom. The summed E-state index contributed by atoms with van der Waals surface area (Å²) in [4.78, 5) is 37.7. The van der Waals surface area contributed by atoms with Gasteiger partial charge in [-0.1, -0.05) is 30.3 Å². The Morgan fingerprint density at radius 1 is 1.03 bits per heavy atom. The molecule has 0 spiro atoms. The lowest BCUT2D eigenvalue weighted by atomic mass is 10.1. The van der Waals surface area contributed by atoms with E-state index < -0.39 is 6.03 Å². The van der Waals surface area contributed by atoms with Gasteiger partial charge in [0.2, 0.25) is 5.91 Å². The van der Waals surface area contributed by atoms with Crippen molar-refractivity contribution in [3.8, 4) is 0 Å². The number of amides is 4.